The van der Waals surface area contributed by atoms with E-state index in [0.717, 1.165) is 35.4 Å². The largest absolute Gasteiger partial charge is 0.388 e. The van der Waals surface area contributed by atoms with E-state index in [9.17, 15) is 9.90 Å². The normalized spacial score (nSPS) is 27.2. The van der Waals surface area contributed by atoms with Gasteiger partial charge in [0.05, 0.1) is 14.3 Å². The minimum atomic E-state index is -0.712. The van der Waals surface area contributed by atoms with Crippen LogP contribution in [0.1, 0.15) is 48.7 Å². The van der Waals surface area contributed by atoms with Gasteiger partial charge in [0.1, 0.15) is 0 Å². The summed E-state index contributed by atoms with van der Waals surface area (Å²) in [5.74, 6) is 0.644. The molecule has 1 amide bonds. The number of halogens is 1. The molecule has 5 heteroatoms. The Bertz CT molecular complexity index is 438. The number of amides is 1. The second-order valence-corrected chi connectivity index (χ2v) is 7.83. The van der Waals surface area contributed by atoms with E-state index < -0.39 is 5.60 Å². The van der Waals surface area contributed by atoms with Gasteiger partial charge in [-0.05, 0) is 59.7 Å². The maximum atomic E-state index is 11.9. The van der Waals surface area contributed by atoms with E-state index in [-0.39, 0.29) is 5.91 Å². The van der Waals surface area contributed by atoms with Crippen LogP contribution in [0.5, 0.6) is 0 Å². The molecular weight excluding hydrogens is 326 g/mol. The summed E-state index contributed by atoms with van der Waals surface area (Å²) in [5, 5.41) is 13.3. The number of hydrogen-bond donors (Lipinski definition) is 2. The summed E-state index contributed by atoms with van der Waals surface area (Å²) in [6.07, 6.45) is 4.90. The molecule has 2 rings (SSSR count). The summed E-state index contributed by atoms with van der Waals surface area (Å²) in [6, 6.07) is 3.66. The van der Waals surface area contributed by atoms with E-state index in [2.05, 4.69) is 28.2 Å². The molecule has 0 atom stereocenters. The minimum absolute atomic E-state index is 0.0956. The van der Waals surface area contributed by atoms with Gasteiger partial charge in [0.25, 0.3) is 5.91 Å². The van der Waals surface area contributed by atoms with E-state index in [0.29, 0.717) is 11.4 Å². The van der Waals surface area contributed by atoms with Gasteiger partial charge in [-0.1, -0.05) is 13.3 Å². The van der Waals surface area contributed by atoms with E-state index >= 15 is 0 Å². The van der Waals surface area contributed by atoms with Gasteiger partial charge >= 0.3 is 0 Å². The maximum absolute atomic E-state index is 11.9. The minimum Gasteiger partial charge on any atom is -0.388 e. The van der Waals surface area contributed by atoms with Crippen molar-refractivity contribution in [3.63, 3.8) is 0 Å². The van der Waals surface area contributed by atoms with Crippen molar-refractivity contribution in [3.05, 3.63) is 20.8 Å². The van der Waals surface area contributed by atoms with E-state index in [1.807, 2.05) is 6.07 Å². The van der Waals surface area contributed by atoms with Crippen LogP contribution in [0, 0.1) is 5.92 Å². The molecule has 0 saturated heterocycles. The van der Waals surface area contributed by atoms with Gasteiger partial charge < -0.3 is 10.4 Å². The number of thiophene rings is 1. The van der Waals surface area contributed by atoms with Gasteiger partial charge in [0.2, 0.25) is 0 Å². The molecule has 1 heterocycles. The first kappa shape index (κ1) is 15.0. The van der Waals surface area contributed by atoms with Gasteiger partial charge in [-0.3, -0.25) is 4.79 Å². The zero-order valence-electron chi connectivity index (χ0n) is 11.1. The molecule has 3 nitrogen and oxygen atoms in total. The van der Waals surface area contributed by atoms with Crippen LogP contribution in [0.25, 0.3) is 0 Å². The lowest BCUT2D eigenvalue weighted by Gasteiger charge is -2.35. The predicted molar refractivity (Wildman–Crippen MR) is 81.6 cm³/mol. The highest BCUT2D eigenvalue weighted by Crippen LogP contribution is 2.33. The standard InChI is InChI=1S/C14H20BrNO2S/c1-2-10-5-7-14(18,8-6-10)9-16-13(17)11-3-4-12(15)19-11/h3-4,10,18H,2,5-9H2,1H3,(H,16,17). The average Bonchev–Trinajstić information content (AvgIpc) is 2.84. The topological polar surface area (TPSA) is 49.3 Å². The molecule has 1 aliphatic rings. The lowest BCUT2D eigenvalue weighted by molar-refractivity contribution is -0.00783. The third-order valence-corrected chi connectivity index (χ3v) is 5.61. The Morgan fingerprint density at radius 2 is 2.21 bits per heavy atom. The second kappa shape index (κ2) is 6.37. The molecule has 19 heavy (non-hydrogen) atoms. The van der Waals surface area contributed by atoms with Crippen molar-refractivity contribution < 1.29 is 9.90 Å². The first-order valence-corrected chi connectivity index (χ1v) is 8.39. The molecule has 0 radical (unpaired) electrons. The first-order chi connectivity index (χ1) is 9.02. The fourth-order valence-electron chi connectivity index (χ4n) is 2.57. The summed E-state index contributed by atoms with van der Waals surface area (Å²) in [5.41, 5.74) is -0.712. The Morgan fingerprint density at radius 1 is 1.53 bits per heavy atom. The SMILES string of the molecule is CCC1CCC(O)(CNC(=O)c2ccc(Br)s2)CC1. The van der Waals surface area contributed by atoms with Crippen molar-refractivity contribution in [3.8, 4) is 0 Å². The molecule has 1 saturated carbocycles. The highest BCUT2D eigenvalue weighted by Gasteiger charge is 2.32. The number of carbonyl (C=O) groups excluding carboxylic acids is 1. The van der Waals surface area contributed by atoms with Crippen molar-refractivity contribution in [2.45, 2.75) is 44.6 Å². The van der Waals surface area contributed by atoms with E-state index in [1.54, 1.807) is 6.07 Å². The summed E-state index contributed by atoms with van der Waals surface area (Å²) >= 11 is 4.75. The van der Waals surface area contributed by atoms with Crippen molar-refractivity contribution >= 4 is 33.2 Å². The molecule has 106 valence electrons. The van der Waals surface area contributed by atoms with Gasteiger partial charge in [0.15, 0.2) is 0 Å². The molecule has 1 aliphatic carbocycles. The Labute approximate surface area is 126 Å². The van der Waals surface area contributed by atoms with Crippen molar-refractivity contribution in [2.75, 3.05) is 6.54 Å². The lowest BCUT2D eigenvalue weighted by Crippen LogP contribution is -2.45. The molecule has 0 aromatic carbocycles. The number of nitrogens with one attached hydrogen (secondary N) is 1. The monoisotopic (exact) mass is 345 g/mol. The van der Waals surface area contributed by atoms with E-state index in [1.165, 1.54) is 17.8 Å². The Morgan fingerprint density at radius 3 is 2.74 bits per heavy atom. The Hall–Kier alpha value is -0.390. The van der Waals surface area contributed by atoms with Gasteiger partial charge in [-0.2, -0.15) is 0 Å². The third-order valence-electron chi connectivity index (χ3n) is 3.99. The summed E-state index contributed by atoms with van der Waals surface area (Å²) in [6.45, 7) is 2.56. The summed E-state index contributed by atoms with van der Waals surface area (Å²) in [4.78, 5) is 12.6. The van der Waals surface area contributed by atoms with Crippen LogP contribution in [0.15, 0.2) is 15.9 Å². The fourth-order valence-corrected chi connectivity index (χ4v) is 3.87. The highest BCUT2D eigenvalue weighted by molar-refractivity contribution is 9.11. The van der Waals surface area contributed by atoms with Gasteiger partial charge in [-0.25, -0.2) is 0 Å². The van der Waals surface area contributed by atoms with Crippen LogP contribution < -0.4 is 5.32 Å². The summed E-state index contributed by atoms with van der Waals surface area (Å²) in [7, 11) is 0. The van der Waals surface area contributed by atoms with Crippen molar-refractivity contribution in [1.29, 1.82) is 0 Å². The fraction of sp³-hybridized carbons (Fsp3) is 0.643. The van der Waals surface area contributed by atoms with Crippen LogP contribution in [-0.4, -0.2) is 23.2 Å². The van der Waals surface area contributed by atoms with Crippen LogP contribution in [0.3, 0.4) is 0 Å². The van der Waals surface area contributed by atoms with Crippen LogP contribution in [-0.2, 0) is 0 Å². The van der Waals surface area contributed by atoms with Crippen molar-refractivity contribution in [2.24, 2.45) is 5.92 Å². The first-order valence-electron chi connectivity index (χ1n) is 6.78. The smallest absolute Gasteiger partial charge is 0.261 e. The molecule has 0 spiro atoms. The number of carbonyl (C=O) groups is 1. The number of rotatable bonds is 4. The van der Waals surface area contributed by atoms with Crippen LogP contribution in [0.2, 0.25) is 0 Å². The molecule has 0 aliphatic heterocycles. The number of hydrogen-bond acceptors (Lipinski definition) is 3. The molecular formula is C14H20BrNO2S. The average molecular weight is 346 g/mol. The molecule has 1 fully saturated rings. The zero-order chi connectivity index (χ0) is 13.9. The molecule has 1 aromatic rings. The van der Waals surface area contributed by atoms with Crippen LogP contribution >= 0.6 is 27.3 Å². The Balaban J connectivity index is 1.83. The quantitative estimate of drug-likeness (QED) is 0.876. The van der Waals surface area contributed by atoms with E-state index in [4.69, 9.17) is 0 Å². The molecule has 1 aromatic heterocycles. The third kappa shape index (κ3) is 4.04. The van der Waals surface area contributed by atoms with Gasteiger partial charge in [-0.15, -0.1) is 11.3 Å². The van der Waals surface area contributed by atoms with Crippen LogP contribution in [0.4, 0.5) is 0 Å². The van der Waals surface area contributed by atoms with Gasteiger partial charge in [0, 0.05) is 6.54 Å². The number of aliphatic hydroxyl groups is 1. The molecule has 0 bridgehead atoms. The highest BCUT2D eigenvalue weighted by atomic mass is 79.9. The zero-order valence-corrected chi connectivity index (χ0v) is 13.5. The molecule has 2 N–H and O–H groups in total. The molecule has 0 unspecified atom stereocenters. The maximum Gasteiger partial charge on any atom is 0.261 e. The Kier molecular flexibility index (Phi) is 5.03. The van der Waals surface area contributed by atoms with Crippen molar-refractivity contribution in [1.82, 2.24) is 5.32 Å². The second-order valence-electron chi connectivity index (χ2n) is 5.36. The lowest BCUT2D eigenvalue weighted by atomic mass is 9.78. The predicted octanol–water partition coefficient (Wildman–Crippen LogP) is 3.57. The summed E-state index contributed by atoms with van der Waals surface area (Å²) < 4.78 is 0.944.